The molecule has 3 atom stereocenters. The van der Waals surface area contributed by atoms with Crippen molar-refractivity contribution < 1.29 is 99.3 Å². The fourth-order valence-corrected chi connectivity index (χ4v) is 6.40. The summed E-state index contributed by atoms with van der Waals surface area (Å²) in [6.45, 7) is -0.454. The molecule has 0 radical (unpaired) electrons. The summed E-state index contributed by atoms with van der Waals surface area (Å²) in [5.41, 5.74) is 0.292. The van der Waals surface area contributed by atoms with Crippen LogP contribution in [0.3, 0.4) is 0 Å². The van der Waals surface area contributed by atoms with Gasteiger partial charge >= 0.3 is 63.0 Å². The van der Waals surface area contributed by atoms with Crippen molar-refractivity contribution in [2.24, 2.45) is 0 Å². The molecule has 15 heteroatoms. The fourth-order valence-electron chi connectivity index (χ4n) is 6.40. The Labute approximate surface area is 371 Å². The standard InChI is InChI=1S/C42H41N3O11.K/c1-51-31-17-13-29(14-18-31)42(28-9-5-3-6-10-28,30-15-19-32(52-2)20-16-30)54-26-35-34(56-40(49)22-21-39(47)48)25-38(55-35)45-24-23-36(44-41(45)50)43-37(46)27-53-33-11-7-4-8-12-33;/h3-20,23-24,34-35,38H,21-22,25-27H2,1-2H3,(H,47,48)(H,43,44,46,50);/q;+1/p-1/t34-,35+,38+;/m0./s1. The summed E-state index contributed by atoms with van der Waals surface area (Å²) in [6, 6.07) is 34.6. The molecule has 1 saturated heterocycles. The monoisotopic (exact) mass is 801 g/mol. The molecule has 6 rings (SSSR count). The van der Waals surface area contributed by atoms with E-state index in [0.29, 0.717) is 17.2 Å². The number of carboxylic acid groups (broad SMARTS) is 1. The molecule has 4 aromatic carbocycles. The fraction of sp³-hybridized carbons (Fsp3) is 0.262. The van der Waals surface area contributed by atoms with Crippen LogP contribution in [0.15, 0.2) is 126 Å². The quantitative estimate of drug-likeness (QED) is 0.0805. The van der Waals surface area contributed by atoms with E-state index >= 15 is 0 Å². The number of methoxy groups -OCH3 is 2. The van der Waals surface area contributed by atoms with Gasteiger partial charge in [-0.2, -0.15) is 4.98 Å². The van der Waals surface area contributed by atoms with E-state index in [-0.39, 0.29) is 76.8 Å². The maximum absolute atomic E-state index is 13.3. The molecule has 1 fully saturated rings. The third-order valence-corrected chi connectivity index (χ3v) is 9.15. The number of ether oxygens (including phenoxy) is 6. The summed E-state index contributed by atoms with van der Waals surface area (Å²) in [5, 5.41) is 13.7. The van der Waals surface area contributed by atoms with Gasteiger partial charge in [0.25, 0.3) is 5.91 Å². The van der Waals surface area contributed by atoms with Crippen LogP contribution in [-0.4, -0.2) is 67.0 Å². The SMILES string of the molecule is COc1ccc(C(OC[C@H]2O[C@@H](n3ccc(NC(=O)COc4ccccc4)nc3=O)C[C@@H]2OC(=O)CCC(=O)[O-])(c2ccccc2)c2ccc(OC)cc2)cc1.[K+]. The Balaban J connectivity index is 0.00000620. The molecule has 0 unspecified atom stereocenters. The summed E-state index contributed by atoms with van der Waals surface area (Å²) in [5.74, 6) is -0.913. The minimum Gasteiger partial charge on any atom is -0.550 e. The van der Waals surface area contributed by atoms with Gasteiger partial charge in [-0.25, -0.2) is 4.79 Å². The average molecular weight is 802 g/mol. The first-order valence-corrected chi connectivity index (χ1v) is 17.8. The van der Waals surface area contributed by atoms with Crippen molar-refractivity contribution in [3.63, 3.8) is 0 Å². The Hall–Kier alpha value is -4.87. The number of hydrogen-bond donors (Lipinski definition) is 1. The first-order chi connectivity index (χ1) is 27.2. The molecule has 57 heavy (non-hydrogen) atoms. The number of para-hydroxylation sites is 1. The minimum atomic E-state index is -1.40. The third-order valence-electron chi connectivity index (χ3n) is 9.15. The van der Waals surface area contributed by atoms with Gasteiger partial charge in [0.15, 0.2) is 6.61 Å². The Bertz CT molecular complexity index is 2100. The van der Waals surface area contributed by atoms with Gasteiger partial charge in [-0.15, -0.1) is 0 Å². The van der Waals surface area contributed by atoms with E-state index in [9.17, 15) is 24.3 Å². The van der Waals surface area contributed by atoms with Gasteiger partial charge in [0.05, 0.1) is 27.2 Å². The van der Waals surface area contributed by atoms with Crippen LogP contribution < -0.4 is 81.7 Å². The van der Waals surface area contributed by atoms with Crippen molar-refractivity contribution in [1.82, 2.24) is 9.55 Å². The number of carbonyl (C=O) groups excluding carboxylic acids is 3. The maximum Gasteiger partial charge on any atom is 1.00 e. The average Bonchev–Trinajstić information content (AvgIpc) is 3.62. The number of nitrogens with zero attached hydrogens (tertiary/aromatic N) is 2. The number of carbonyl (C=O) groups is 3. The number of hydrogen-bond acceptors (Lipinski definition) is 12. The van der Waals surface area contributed by atoms with Crippen LogP contribution in [-0.2, 0) is 34.2 Å². The van der Waals surface area contributed by atoms with Crippen LogP contribution in [0.5, 0.6) is 17.2 Å². The number of amides is 1. The second-order valence-electron chi connectivity index (χ2n) is 12.7. The molecule has 1 aliphatic heterocycles. The number of aromatic nitrogens is 2. The third kappa shape index (κ3) is 11.0. The molecular weight excluding hydrogens is 762 g/mol. The zero-order valence-corrected chi connectivity index (χ0v) is 34.8. The smallest absolute Gasteiger partial charge is 0.550 e. The van der Waals surface area contributed by atoms with E-state index in [1.54, 1.807) is 38.5 Å². The van der Waals surface area contributed by atoms with E-state index in [2.05, 4.69) is 10.3 Å². The number of rotatable bonds is 17. The molecule has 1 amide bonds. The van der Waals surface area contributed by atoms with Gasteiger partial charge in [-0.05, 0) is 65.6 Å². The van der Waals surface area contributed by atoms with Gasteiger partial charge in [0.1, 0.15) is 47.1 Å². The van der Waals surface area contributed by atoms with Crippen LogP contribution in [0.4, 0.5) is 5.82 Å². The molecule has 2 heterocycles. The summed E-state index contributed by atoms with van der Waals surface area (Å²) >= 11 is 0. The maximum atomic E-state index is 13.3. The molecule has 1 aliphatic rings. The first kappa shape index (κ1) is 43.3. The molecule has 14 nitrogen and oxygen atoms in total. The van der Waals surface area contributed by atoms with Gasteiger partial charge in [0, 0.05) is 18.6 Å². The summed E-state index contributed by atoms with van der Waals surface area (Å²) in [4.78, 5) is 53.9. The number of nitrogens with one attached hydrogen (secondary N) is 1. The van der Waals surface area contributed by atoms with Gasteiger partial charge in [-0.3, -0.25) is 14.2 Å². The largest absolute Gasteiger partial charge is 1.00 e. The number of carboxylic acids is 1. The minimum absolute atomic E-state index is 0. The molecule has 0 bridgehead atoms. The van der Waals surface area contributed by atoms with Gasteiger partial charge in [0.2, 0.25) is 0 Å². The number of benzene rings is 4. The van der Waals surface area contributed by atoms with Crippen LogP contribution in [0.1, 0.15) is 42.2 Å². The Kier molecular flexibility index (Phi) is 15.6. The molecule has 1 aromatic heterocycles. The van der Waals surface area contributed by atoms with Crippen LogP contribution in [0.25, 0.3) is 0 Å². The van der Waals surface area contributed by atoms with E-state index in [4.69, 9.17) is 28.4 Å². The van der Waals surface area contributed by atoms with Crippen molar-refractivity contribution in [3.8, 4) is 17.2 Å². The van der Waals surface area contributed by atoms with E-state index in [1.807, 2.05) is 84.9 Å². The normalized spacial score (nSPS) is 16.1. The summed E-state index contributed by atoms with van der Waals surface area (Å²) in [7, 11) is 3.16. The van der Waals surface area contributed by atoms with E-state index in [1.165, 1.54) is 16.8 Å². The van der Waals surface area contributed by atoms with E-state index in [0.717, 1.165) is 16.7 Å². The molecule has 290 valence electrons. The van der Waals surface area contributed by atoms with Crippen LogP contribution in [0, 0.1) is 0 Å². The van der Waals surface area contributed by atoms with Crippen molar-refractivity contribution in [2.75, 3.05) is 32.8 Å². The topological polar surface area (TPSA) is 177 Å². The first-order valence-electron chi connectivity index (χ1n) is 17.8. The molecule has 0 saturated carbocycles. The second-order valence-corrected chi connectivity index (χ2v) is 12.7. The van der Waals surface area contributed by atoms with Crippen LogP contribution >= 0.6 is 0 Å². The second kappa shape index (κ2) is 20.5. The van der Waals surface area contributed by atoms with Crippen molar-refractivity contribution >= 4 is 23.7 Å². The van der Waals surface area contributed by atoms with Gasteiger partial charge in [-0.1, -0.05) is 72.8 Å². The zero-order valence-electron chi connectivity index (χ0n) is 31.7. The molecular formula is C42H40KN3O11. The Morgan fingerprint density at radius 3 is 1.95 bits per heavy atom. The van der Waals surface area contributed by atoms with Gasteiger partial charge < -0.3 is 43.6 Å². The van der Waals surface area contributed by atoms with Crippen LogP contribution in [0.2, 0.25) is 0 Å². The summed E-state index contributed by atoms with van der Waals surface area (Å²) in [6.07, 6.45) is -2.41. The number of esters is 1. The molecule has 0 aliphatic carbocycles. The Morgan fingerprint density at radius 2 is 1.39 bits per heavy atom. The Morgan fingerprint density at radius 1 is 0.807 bits per heavy atom. The molecule has 1 N–H and O–H groups in total. The molecule has 0 spiro atoms. The van der Waals surface area contributed by atoms with Crippen molar-refractivity contribution in [2.45, 2.75) is 43.3 Å². The van der Waals surface area contributed by atoms with Crippen molar-refractivity contribution in [1.29, 1.82) is 0 Å². The predicted molar refractivity (Wildman–Crippen MR) is 200 cm³/mol. The zero-order chi connectivity index (χ0) is 39.5. The number of aliphatic carboxylic acids is 1. The van der Waals surface area contributed by atoms with Crippen molar-refractivity contribution in [3.05, 3.63) is 149 Å². The van der Waals surface area contributed by atoms with E-state index < -0.39 is 60.4 Å². The summed E-state index contributed by atoms with van der Waals surface area (Å²) < 4.78 is 36.7. The predicted octanol–water partition coefficient (Wildman–Crippen LogP) is 1.02. The number of anilines is 1. The molecule has 5 aromatic rings.